The minimum absolute atomic E-state index is 0.0533. The van der Waals surface area contributed by atoms with Crippen LogP contribution in [-0.2, 0) is 19.1 Å². The molecule has 11 heteroatoms. The van der Waals surface area contributed by atoms with E-state index in [1.54, 1.807) is 16.8 Å². The third-order valence-electron chi connectivity index (χ3n) is 7.53. The molecule has 1 saturated heterocycles. The van der Waals surface area contributed by atoms with Crippen molar-refractivity contribution in [3.05, 3.63) is 112 Å². The number of hydrogen-bond donors (Lipinski definition) is 0. The minimum Gasteiger partial charge on any atom is -0.367 e. The average molecular weight is 578 g/mol. The summed E-state index contributed by atoms with van der Waals surface area (Å²) < 4.78 is 62.1. The highest BCUT2D eigenvalue weighted by Crippen LogP contribution is 2.31. The molecule has 0 unspecified atom stereocenters. The van der Waals surface area contributed by atoms with Crippen molar-refractivity contribution < 1.29 is 22.1 Å². The fourth-order valence-electron chi connectivity index (χ4n) is 5.18. The highest BCUT2D eigenvalue weighted by molar-refractivity contribution is 5.86. The number of rotatable bonds is 6. The van der Waals surface area contributed by atoms with E-state index in [-0.39, 0.29) is 23.3 Å². The number of halogens is 4. The Morgan fingerprint density at radius 3 is 2.33 bits per heavy atom. The second kappa shape index (κ2) is 11.1. The fourth-order valence-corrected chi connectivity index (χ4v) is 5.18. The molecule has 0 bridgehead atoms. The summed E-state index contributed by atoms with van der Waals surface area (Å²) in [4.78, 5) is 22.2. The van der Waals surface area contributed by atoms with E-state index in [1.165, 1.54) is 18.2 Å². The zero-order valence-corrected chi connectivity index (χ0v) is 22.7. The lowest BCUT2D eigenvalue weighted by molar-refractivity contribution is -0.137. The van der Waals surface area contributed by atoms with Crippen molar-refractivity contribution in [2.24, 2.45) is 0 Å². The summed E-state index contributed by atoms with van der Waals surface area (Å²) >= 11 is 0. The number of pyridine rings is 1. The predicted octanol–water partition coefficient (Wildman–Crippen LogP) is 5.60. The first-order valence-corrected chi connectivity index (χ1v) is 13.5. The van der Waals surface area contributed by atoms with Gasteiger partial charge in [0.2, 0.25) is 17.1 Å². The highest BCUT2D eigenvalue weighted by Gasteiger charge is 2.30. The molecule has 0 atom stereocenters. The van der Waals surface area contributed by atoms with Crippen LogP contribution in [0, 0.1) is 5.82 Å². The van der Waals surface area contributed by atoms with Gasteiger partial charge in [-0.05, 0) is 42.4 Å². The van der Waals surface area contributed by atoms with E-state index in [9.17, 15) is 18.0 Å². The van der Waals surface area contributed by atoms with E-state index in [2.05, 4.69) is 15.0 Å². The fraction of sp³-hybridized carbons (Fsp3) is 0.258. The summed E-state index contributed by atoms with van der Waals surface area (Å²) in [6.45, 7) is 2.89. The van der Waals surface area contributed by atoms with E-state index in [4.69, 9.17) is 4.52 Å². The molecule has 3 aromatic carbocycles. The molecule has 0 aliphatic carbocycles. The maximum absolute atomic E-state index is 15.5. The number of benzene rings is 3. The predicted molar refractivity (Wildman–Crippen MR) is 151 cm³/mol. The lowest BCUT2D eigenvalue weighted by atomic mass is 10.1. The quantitative estimate of drug-likeness (QED) is 0.245. The van der Waals surface area contributed by atoms with Gasteiger partial charge < -0.3 is 18.9 Å². The smallest absolute Gasteiger partial charge is 0.367 e. The number of hydrogen-bond acceptors (Lipinski definition) is 6. The first-order chi connectivity index (χ1) is 20.2. The maximum Gasteiger partial charge on any atom is 0.416 e. The molecule has 1 fully saturated rings. The van der Waals surface area contributed by atoms with Gasteiger partial charge in [0.1, 0.15) is 5.82 Å². The Morgan fingerprint density at radius 2 is 1.64 bits per heavy atom. The normalized spacial score (nSPS) is 14.5. The Morgan fingerprint density at radius 1 is 0.929 bits per heavy atom. The number of alkyl halides is 3. The summed E-state index contributed by atoms with van der Waals surface area (Å²) in [6, 6.07) is 17.2. The Bertz CT molecular complexity index is 1770. The molecule has 0 amide bonds. The van der Waals surface area contributed by atoms with Crippen molar-refractivity contribution in [2.75, 3.05) is 38.1 Å². The number of piperazine rings is 1. The van der Waals surface area contributed by atoms with E-state index in [0.717, 1.165) is 30.8 Å². The lowest BCUT2D eigenvalue weighted by Gasteiger charge is -2.34. The van der Waals surface area contributed by atoms with Crippen molar-refractivity contribution in [1.82, 2.24) is 19.6 Å². The topological polar surface area (TPSA) is 67.4 Å². The van der Waals surface area contributed by atoms with Crippen molar-refractivity contribution >= 4 is 16.6 Å². The van der Waals surface area contributed by atoms with E-state index >= 15 is 4.39 Å². The lowest BCUT2D eigenvalue weighted by Crippen LogP contribution is -2.44. The second-order valence-electron chi connectivity index (χ2n) is 10.5. The number of anilines is 1. The van der Waals surface area contributed by atoms with Crippen LogP contribution in [0.25, 0.3) is 22.3 Å². The maximum atomic E-state index is 15.5. The van der Waals surface area contributed by atoms with E-state index in [0.29, 0.717) is 42.2 Å². The third-order valence-corrected chi connectivity index (χ3v) is 7.53. The monoisotopic (exact) mass is 577 g/mol. The summed E-state index contributed by atoms with van der Waals surface area (Å²) in [5.41, 5.74) is 1.22. The molecule has 1 aliphatic heterocycles. The van der Waals surface area contributed by atoms with Gasteiger partial charge in [-0.3, -0.25) is 4.79 Å². The van der Waals surface area contributed by atoms with Gasteiger partial charge in [0.25, 0.3) is 0 Å². The molecule has 2 aromatic heterocycles. The van der Waals surface area contributed by atoms with Gasteiger partial charge in [0.05, 0.1) is 28.8 Å². The van der Waals surface area contributed by atoms with Crippen LogP contribution in [0.3, 0.4) is 0 Å². The molecule has 0 N–H and O–H groups in total. The van der Waals surface area contributed by atoms with Crippen LogP contribution in [0.4, 0.5) is 23.2 Å². The molecule has 1 aliphatic rings. The molecule has 42 heavy (non-hydrogen) atoms. The van der Waals surface area contributed by atoms with Gasteiger partial charge in [0.15, 0.2) is 0 Å². The average Bonchev–Trinajstić information content (AvgIpc) is 3.43. The zero-order chi connectivity index (χ0) is 29.4. The van der Waals surface area contributed by atoms with E-state index < -0.39 is 23.0 Å². The van der Waals surface area contributed by atoms with Gasteiger partial charge in [-0.25, -0.2) is 4.39 Å². The molecule has 0 radical (unpaired) electrons. The molecular weight excluding hydrogens is 550 g/mol. The number of aromatic nitrogens is 3. The van der Waals surface area contributed by atoms with Crippen LogP contribution in [0.2, 0.25) is 0 Å². The molecule has 3 heterocycles. The summed E-state index contributed by atoms with van der Waals surface area (Å²) in [6.07, 6.45) is -2.53. The Balaban J connectivity index is 1.44. The number of nitrogens with zero attached hydrogens (tertiary/aromatic N) is 5. The molecular formula is C31H27F4N5O2. The first kappa shape index (κ1) is 27.6. The van der Waals surface area contributed by atoms with Crippen LogP contribution >= 0.6 is 0 Å². The Hall–Kier alpha value is -4.51. The third kappa shape index (κ3) is 5.64. The molecule has 0 spiro atoms. The highest BCUT2D eigenvalue weighted by atomic mass is 19.4. The molecule has 5 aromatic rings. The van der Waals surface area contributed by atoms with Crippen LogP contribution in [-0.4, -0.2) is 52.8 Å². The van der Waals surface area contributed by atoms with E-state index in [1.807, 2.05) is 42.3 Å². The summed E-state index contributed by atoms with van der Waals surface area (Å²) in [5, 5.41) is 4.14. The summed E-state index contributed by atoms with van der Waals surface area (Å²) in [7, 11) is 2.00. The van der Waals surface area contributed by atoms with Gasteiger partial charge in [-0.2, -0.15) is 18.2 Å². The van der Waals surface area contributed by atoms with Crippen molar-refractivity contribution in [3.63, 3.8) is 0 Å². The van der Waals surface area contributed by atoms with Crippen molar-refractivity contribution in [1.29, 1.82) is 0 Å². The SMILES string of the molecule is CN1CCN(c2cc3c(cc2F)c(=O)c(-c2noc(Cc4ccccc4)n2)cn3Cc2ccc(C(F)(F)F)cc2)CC1. The van der Waals surface area contributed by atoms with Gasteiger partial charge in [0, 0.05) is 44.3 Å². The van der Waals surface area contributed by atoms with Crippen LogP contribution in [0.15, 0.2) is 82.2 Å². The Kier molecular flexibility index (Phi) is 7.28. The van der Waals surface area contributed by atoms with Crippen molar-refractivity contribution in [2.45, 2.75) is 19.1 Å². The van der Waals surface area contributed by atoms with Crippen LogP contribution in [0.5, 0.6) is 0 Å². The minimum atomic E-state index is -4.46. The molecule has 216 valence electrons. The van der Waals surface area contributed by atoms with Gasteiger partial charge in [-0.1, -0.05) is 47.6 Å². The number of fused-ring (bicyclic) bond motifs is 1. The van der Waals surface area contributed by atoms with Gasteiger partial charge in [-0.15, -0.1) is 0 Å². The summed E-state index contributed by atoms with van der Waals surface area (Å²) in [5.74, 6) is -0.167. The zero-order valence-electron chi connectivity index (χ0n) is 22.7. The first-order valence-electron chi connectivity index (χ1n) is 13.5. The van der Waals surface area contributed by atoms with Crippen LogP contribution < -0.4 is 10.3 Å². The standard InChI is InChI=1S/C31H27F4N5O2/c1-38-11-13-39(14-12-38)27-17-26-23(16-25(27)32)29(41)24(30-36-28(42-37-30)15-20-5-3-2-4-6-20)19-40(26)18-21-7-9-22(10-8-21)31(33,34)35/h2-10,16-17,19H,11-15,18H2,1H3. The van der Waals surface area contributed by atoms with Gasteiger partial charge >= 0.3 is 6.18 Å². The molecule has 7 nitrogen and oxygen atoms in total. The Labute approximate surface area is 238 Å². The molecule has 6 rings (SSSR count). The van der Waals surface area contributed by atoms with Crippen LogP contribution in [0.1, 0.15) is 22.6 Å². The second-order valence-corrected chi connectivity index (χ2v) is 10.5. The van der Waals surface area contributed by atoms with Crippen molar-refractivity contribution in [3.8, 4) is 11.4 Å². The largest absolute Gasteiger partial charge is 0.416 e. The molecule has 0 saturated carbocycles. The number of likely N-dealkylation sites (N-methyl/N-ethyl adjacent to an activating group) is 1.